The molecule has 1 unspecified atom stereocenters. The molecule has 20 heavy (non-hydrogen) atoms. The summed E-state index contributed by atoms with van der Waals surface area (Å²) in [5, 5.41) is 6.00. The maximum atomic E-state index is 12.0. The summed E-state index contributed by atoms with van der Waals surface area (Å²) in [5.74, 6) is 0.850. The van der Waals surface area contributed by atoms with Crippen molar-refractivity contribution in [2.75, 3.05) is 11.4 Å². The molecule has 2 aromatic heterocycles. The minimum atomic E-state index is 0.135. The van der Waals surface area contributed by atoms with Crippen LogP contribution in [0.4, 0.5) is 5.82 Å². The summed E-state index contributed by atoms with van der Waals surface area (Å²) < 4.78 is 1.95. The predicted molar refractivity (Wildman–Crippen MR) is 79.1 cm³/mol. The highest BCUT2D eigenvalue weighted by Gasteiger charge is 2.27. The van der Waals surface area contributed by atoms with E-state index in [1.165, 1.54) is 0 Å². The number of amides is 1. The van der Waals surface area contributed by atoms with Gasteiger partial charge in [-0.15, -0.1) is 0 Å². The van der Waals surface area contributed by atoms with E-state index in [9.17, 15) is 4.79 Å². The van der Waals surface area contributed by atoms with Crippen molar-refractivity contribution in [1.82, 2.24) is 14.8 Å². The van der Waals surface area contributed by atoms with E-state index < -0.39 is 0 Å². The number of halogens is 1. The third-order valence-corrected chi connectivity index (χ3v) is 4.08. The summed E-state index contributed by atoms with van der Waals surface area (Å²) >= 11 is 6.00. The molecule has 0 bridgehead atoms. The monoisotopic (exact) mass is 292 g/mol. The van der Waals surface area contributed by atoms with E-state index in [0.717, 1.165) is 30.3 Å². The number of aromatic nitrogens is 3. The third kappa shape index (κ3) is 2.06. The molecule has 0 saturated carbocycles. The van der Waals surface area contributed by atoms with Crippen LogP contribution >= 0.6 is 11.6 Å². The Labute approximate surface area is 122 Å². The second-order valence-electron chi connectivity index (χ2n) is 5.20. The molecular weight excluding hydrogens is 276 g/mol. The van der Waals surface area contributed by atoms with Crippen LogP contribution < -0.4 is 4.90 Å². The van der Waals surface area contributed by atoms with Gasteiger partial charge in [0.2, 0.25) is 5.91 Å². The zero-order valence-electron chi connectivity index (χ0n) is 11.6. The Morgan fingerprint density at radius 3 is 2.95 bits per heavy atom. The van der Waals surface area contributed by atoms with Crippen LogP contribution in [0.1, 0.15) is 39.2 Å². The normalized spacial score (nSPS) is 17.1. The molecule has 5 nitrogen and oxygen atoms in total. The Hall–Kier alpha value is -1.62. The maximum absolute atomic E-state index is 12.0. The van der Waals surface area contributed by atoms with E-state index in [1.807, 2.05) is 10.7 Å². The molecule has 106 valence electrons. The SMILES string of the molecule is CCC(C)n1nc(N2CCCC2=O)c2cnc(Cl)cc21. The van der Waals surface area contributed by atoms with E-state index in [0.29, 0.717) is 17.4 Å². The molecule has 6 heteroatoms. The lowest BCUT2D eigenvalue weighted by Crippen LogP contribution is -2.24. The van der Waals surface area contributed by atoms with Gasteiger partial charge in [0.25, 0.3) is 0 Å². The number of nitrogens with zero attached hydrogens (tertiary/aromatic N) is 4. The second-order valence-corrected chi connectivity index (χ2v) is 5.59. The molecule has 0 aliphatic carbocycles. The van der Waals surface area contributed by atoms with Crippen molar-refractivity contribution in [2.24, 2.45) is 0 Å². The van der Waals surface area contributed by atoms with Gasteiger partial charge in [-0.2, -0.15) is 5.10 Å². The Balaban J connectivity index is 2.20. The lowest BCUT2D eigenvalue weighted by molar-refractivity contribution is -0.117. The highest BCUT2D eigenvalue weighted by atomic mass is 35.5. The first kappa shape index (κ1) is 13.4. The van der Waals surface area contributed by atoms with Crippen LogP contribution in [-0.4, -0.2) is 27.2 Å². The molecular formula is C14H17ClN4O. The predicted octanol–water partition coefficient (Wildman–Crippen LogP) is 3.18. The van der Waals surface area contributed by atoms with Gasteiger partial charge >= 0.3 is 0 Å². The number of anilines is 1. The summed E-state index contributed by atoms with van der Waals surface area (Å²) in [5.41, 5.74) is 0.939. The van der Waals surface area contributed by atoms with Crippen LogP contribution in [0, 0.1) is 0 Å². The molecule has 0 aromatic carbocycles. The molecule has 1 atom stereocenters. The quantitative estimate of drug-likeness (QED) is 0.816. The molecule has 1 fully saturated rings. The van der Waals surface area contributed by atoms with E-state index in [4.69, 9.17) is 11.6 Å². The summed E-state index contributed by atoms with van der Waals surface area (Å²) in [4.78, 5) is 17.9. The number of rotatable bonds is 3. The fourth-order valence-corrected chi connectivity index (χ4v) is 2.72. The molecule has 1 aliphatic rings. The van der Waals surface area contributed by atoms with E-state index in [-0.39, 0.29) is 11.9 Å². The first-order valence-corrected chi connectivity index (χ1v) is 7.33. The zero-order chi connectivity index (χ0) is 14.3. The first-order valence-electron chi connectivity index (χ1n) is 6.96. The van der Waals surface area contributed by atoms with Crippen LogP contribution in [0.25, 0.3) is 10.9 Å². The average Bonchev–Trinajstić information content (AvgIpc) is 3.01. The summed E-state index contributed by atoms with van der Waals surface area (Å²) in [7, 11) is 0. The van der Waals surface area contributed by atoms with Gasteiger partial charge in [0.05, 0.1) is 10.9 Å². The molecule has 0 radical (unpaired) electrons. The van der Waals surface area contributed by atoms with Gasteiger partial charge in [-0.3, -0.25) is 14.4 Å². The summed E-state index contributed by atoms with van der Waals surface area (Å²) in [6.45, 7) is 4.95. The van der Waals surface area contributed by atoms with Crippen LogP contribution in [0.3, 0.4) is 0 Å². The van der Waals surface area contributed by atoms with Crippen molar-refractivity contribution in [3.8, 4) is 0 Å². The van der Waals surface area contributed by atoms with E-state index in [2.05, 4.69) is 23.9 Å². The zero-order valence-corrected chi connectivity index (χ0v) is 12.4. The van der Waals surface area contributed by atoms with Crippen LogP contribution in [0.15, 0.2) is 12.3 Å². The number of carbonyl (C=O) groups is 1. The maximum Gasteiger partial charge on any atom is 0.228 e. The fraction of sp³-hybridized carbons (Fsp3) is 0.500. The third-order valence-electron chi connectivity index (χ3n) is 3.88. The van der Waals surface area contributed by atoms with Gasteiger partial charge in [-0.25, -0.2) is 4.98 Å². The van der Waals surface area contributed by atoms with Crippen LogP contribution in [0.2, 0.25) is 5.15 Å². The number of fused-ring (bicyclic) bond motifs is 1. The fourth-order valence-electron chi connectivity index (χ4n) is 2.57. The lowest BCUT2D eigenvalue weighted by atomic mass is 10.2. The summed E-state index contributed by atoms with van der Waals surface area (Å²) in [6.07, 6.45) is 4.16. The smallest absolute Gasteiger partial charge is 0.228 e. The Bertz CT molecular complexity index is 666. The van der Waals surface area contributed by atoms with Gasteiger partial charge in [0.15, 0.2) is 5.82 Å². The largest absolute Gasteiger partial charge is 0.295 e. The van der Waals surface area contributed by atoms with Gasteiger partial charge < -0.3 is 0 Å². The van der Waals surface area contributed by atoms with Crippen LogP contribution in [0.5, 0.6) is 0 Å². The van der Waals surface area contributed by atoms with E-state index in [1.54, 1.807) is 11.1 Å². The number of pyridine rings is 1. The molecule has 1 saturated heterocycles. The number of carbonyl (C=O) groups excluding carboxylic acids is 1. The standard InChI is InChI=1S/C14H17ClN4O/c1-3-9(2)19-11-7-12(15)16-8-10(11)14(17-19)18-6-4-5-13(18)20/h7-9H,3-6H2,1-2H3. The highest BCUT2D eigenvalue weighted by Crippen LogP contribution is 2.32. The average molecular weight is 293 g/mol. The van der Waals surface area contributed by atoms with Crippen molar-refractivity contribution < 1.29 is 4.79 Å². The van der Waals surface area contributed by atoms with Crippen LogP contribution in [-0.2, 0) is 4.79 Å². The van der Waals surface area contributed by atoms with Gasteiger partial charge in [-0.1, -0.05) is 18.5 Å². The Morgan fingerprint density at radius 1 is 1.50 bits per heavy atom. The Morgan fingerprint density at radius 2 is 2.30 bits per heavy atom. The topological polar surface area (TPSA) is 51.0 Å². The van der Waals surface area contributed by atoms with Gasteiger partial charge in [0.1, 0.15) is 5.15 Å². The van der Waals surface area contributed by atoms with Crippen molar-refractivity contribution in [3.05, 3.63) is 17.4 Å². The molecule has 2 aromatic rings. The summed E-state index contributed by atoms with van der Waals surface area (Å²) in [6, 6.07) is 2.07. The minimum absolute atomic E-state index is 0.135. The Kier molecular flexibility index (Phi) is 3.38. The van der Waals surface area contributed by atoms with Gasteiger partial charge in [0, 0.05) is 31.3 Å². The van der Waals surface area contributed by atoms with Gasteiger partial charge in [-0.05, 0) is 19.8 Å². The van der Waals surface area contributed by atoms with Crippen molar-refractivity contribution in [1.29, 1.82) is 0 Å². The lowest BCUT2D eigenvalue weighted by Gasteiger charge is -2.13. The molecule has 0 N–H and O–H groups in total. The van der Waals surface area contributed by atoms with Crippen molar-refractivity contribution in [2.45, 2.75) is 39.2 Å². The van der Waals surface area contributed by atoms with Crippen molar-refractivity contribution in [3.63, 3.8) is 0 Å². The van der Waals surface area contributed by atoms with E-state index >= 15 is 0 Å². The molecule has 1 aliphatic heterocycles. The molecule has 1 amide bonds. The first-order chi connectivity index (χ1) is 9.61. The minimum Gasteiger partial charge on any atom is -0.295 e. The molecule has 0 spiro atoms. The second kappa shape index (κ2) is 5.05. The van der Waals surface area contributed by atoms with Crippen molar-refractivity contribution >= 4 is 34.2 Å². The number of hydrogen-bond donors (Lipinski definition) is 0. The molecule has 3 rings (SSSR count). The molecule has 3 heterocycles. The highest BCUT2D eigenvalue weighted by molar-refractivity contribution is 6.30. The number of hydrogen-bond acceptors (Lipinski definition) is 3.